The highest BCUT2D eigenvalue weighted by Crippen LogP contribution is 2.63. The Morgan fingerprint density at radius 2 is 0.615 bits per heavy atom. The van der Waals surface area contributed by atoms with Gasteiger partial charge in [0.25, 0.3) is 17.0 Å². The van der Waals surface area contributed by atoms with E-state index in [1.54, 1.807) is 47.3 Å². The molecule has 1 atom stereocenters. The van der Waals surface area contributed by atoms with Gasteiger partial charge in [-0.05, 0) is 111 Å². The highest BCUT2D eigenvalue weighted by atomic mass is 31.2. The molecule has 6 rings (SSSR count). The van der Waals surface area contributed by atoms with Crippen LogP contribution in [0.15, 0.2) is 150 Å². The molecule has 0 aliphatic carbocycles. The Bertz CT molecular complexity index is 2200. The minimum Gasteiger partial charge on any atom is -0.497 e. The van der Waals surface area contributed by atoms with Crippen molar-refractivity contribution in [3.05, 3.63) is 179 Å². The highest BCUT2D eigenvalue weighted by molar-refractivity contribution is 7.65. The van der Waals surface area contributed by atoms with Crippen LogP contribution in [0.4, 0.5) is 0 Å². The van der Waals surface area contributed by atoms with Crippen molar-refractivity contribution < 1.29 is 55.9 Å². The molecule has 17 heteroatoms. The predicted molar refractivity (Wildman–Crippen MR) is 253 cm³/mol. The topological polar surface area (TPSA) is 126 Å². The van der Waals surface area contributed by atoms with E-state index in [-0.39, 0.29) is 39.6 Å². The molecule has 0 spiro atoms. The average Bonchev–Trinajstić information content (AvgIpc) is 3.37. The second-order valence-corrected chi connectivity index (χ2v) is 18.6. The monoisotopic (exact) mass is 944 g/mol. The summed E-state index contributed by atoms with van der Waals surface area (Å²) in [5, 5.41) is 0. The van der Waals surface area contributed by atoms with Crippen molar-refractivity contribution in [2.75, 3.05) is 42.7 Å². The molecule has 0 amide bonds. The maximum atomic E-state index is 6.82. The molecule has 0 heterocycles. The van der Waals surface area contributed by atoms with Crippen molar-refractivity contribution in [2.24, 2.45) is 4.52 Å². The van der Waals surface area contributed by atoms with Gasteiger partial charge in [-0.25, -0.2) is 0 Å². The first-order valence-corrected chi connectivity index (χ1v) is 24.0. The zero-order valence-corrected chi connectivity index (χ0v) is 40.1. The van der Waals surface area contributed by atoms with Crippen LogP contribution in [0.3, 0.4) is 0 Å². The van der Waals surface area contributed by atoms with Crippen LogP contribution in [0, 0.1) is 0 Å². The number of nitrogens with zero attached hydrogens (tertiary/aromatic N) is 2. The fourth-order valence-corrected chi connectivity index (χ4v) is 10.7. The van der Waals surface area contributed by atoms with Crippen molar-refractivity contribution in [1.29, 1.82) is 0 Å². The minimum absolute atomic E-state index is 0.113. The molecule has 344 valence electrons. The zero-order chi connectivity index (χ0) is 45.6. The van der Waals surface area contributed by atoms with E-state index in [4.69, 9.17) is 60.4 Å². The number of methoxy groups -OCH3 is 6. The molecule has 0 saturated carbocycles. The van der Waals surface area contributed by atoms with Gasteiger partial charge in [-0.2, -0.15) is 4.52 Å². The molecular formula is C48H55N2O12P3. The third kappa shape index (κ3) is 16.1. The quantitative estimate of drug-likeness (QED) is 0.0359. The third-order valence-corrected chi connectivity index (χ3v) is 14.4. The Hall–Kier alpha value is -5.07. The fraction of sp³-hybridized carbons (Fsp3) is 0.250. The number of hydrogen-bond acceptors (Lipinski definition) is 14. The number of rotatable bonds is 27. The van der Waals surface area contributed by atoms with Crippen LogP contribution in [0.2, 0.25) is 0 Å². The van der Waals surface area contributed by atoms with Gasteiger partial charge in [0, 0.05) is 0 Å². The van der Waals surface area contributed by atoms with Gasteiger partial charge < -0.3 is 51.0 Å². The van der Waals surface area contributed by atoms with Gasteiger partial charge in [0.2, 0.25) is 8.17 Å². The highest BCUT2D eigenvalue weighted by Gasteiger charge is 2.34. The summed E-state index contributed by atoms with van der Waals surface area (Å²) in [6, 6.07) is 45.8. The van der Waals surface area contributed by atoms with E-state index in [1.807, 2.05) is 146 Å². The molecule has 6 aromatic rings. The van der Waals surface area contributed by atoms with E-state index in [9.17, 15) is 0 Å². The molecule has 0 N–H and O–H groups in total. The number of benzene rings is 6. The first kappa shape index (κ1) is 49.4. The molecule has 0 aliphatic rings. The maximum absolute atomic E-state index is 6.82. The van der Waals surface area contributed by atoms with Gasteiger partial charge in [0.05, 0.1) is 82.3 Å². The van der Waals surface area contributed by atoms with E-state index in [0.29, 0.717) is 5.75 Å². The Morgan fingerprint density at radius 1 is 0.354 bits per heavy atom. The summed E-state index contributed by atoms with van der Waals surface area (Å²) in [6.07, 6.45) is 0. The summed E-state index contributed by atoms with van der Waals surface area (Å²) in [5.74, 6) is 4.36. The lowest BCUT2D eigenvalue weighted by Gasteiger charge is -2.32. The molecule has 65 heavy (non-hydrogen) atoms. The van der Waals surface area contributed by atoms with E-state index in [1.165, 1.54) is 0 Å². The molecule has 0 aromatic heterocycles. The minimum atomic E-state index is -2.52. The lowest BCUT2D eigenvalue weighted by Crippen LogP contribution is -2.17. The van der Waals surface area contributed by atoms with Crippen molar-refractivity contribution in [3.63, 3.8) is 0 Å². The smallest absolute Gasteiger partial charge is 0.292 e. The summed E-state index contributed by atoms with van der Waals surface area (Å²) in [6.45, 7) is 1.01. The Labute approximate surface area is 384 Å². The summed E-state index contributed by atoms with van der Waals surface area (Å²) >= 11 is 0. The number of ether oxygens (including phenoxy) is 6. The van der Waals surface area contributed by atoms with Gasteiger partial charge in [0.15, 0.2) is 0 Å². The summed E-state index contributed by atoms with van der Waals surface area (Å²) < 4.78 is 72.8. The Balaban J connectivity index is 1.41. The summed E-state index contributed by atoms with van der Waals surface area (Å²) in [4.78, 5) is 6.78. The fourth-order valence-electron chi connectivity index (χ4n) is 5.73. The first-order valence-electron chi connectivity index (χ1n) is 20.4. The van der Waals surface area contributed by atoms with E-state index in [2.05, 4.69) is 0 Å². The largest absolute Gasteiger partial charge is 0.497 e. The van der Waals surface area contributed by atoms with Crippen LogP contribution < -0.4 is 28.4 Å². The van der Waals surface area contributed by atoms with Crippen LogP contribution in [0.1, 0.15) is 33.4 Å². The van der Waals surface area contributed by atoms with Crippen LogP contribution in [-0.4, -0.2) is 47.3 Å². The maximum Gasteiger partial charge on any atom is 0.292 e. The van der Waals surface area contributed by atoms with Crippen molar-refractivity contribution in [2.45, 2.75) is 39.6 Å². The first-order chi connectivity index (χ1) is 31.9. The van der Waals surface area contributed by atoms with Gasteiger partial charge in [-0.15, -0.1) is 0 Å². The van der Waals surface area contributed by atoms with Crippen LogP contribution >= 0.6 is 25.1 Å². The lowest BCUT2D eigenvalue weighted by atomic mass is 10.2. The zero-order valence-electron chi connectivity index (χ0n) is 37.3. The molecule has 1 unspecified atom stereocenters. The second-order valence-electron chi connectivity index (χ2n) is 13.9. The van der Waals surface area contributed by atoms with E-state index < -0.39 is 25.1 Å². The molecule has 0 fully saturated rings. The van der Waals surface area contributed by atoms with Crippen molar-refractivity contribution in [1.82, 2.24) is 4.60 Å². The molecule has 14 nitrogen and oxygen atoms in total. The normalized spacial score (nSPS) is 11.7. The number of hydrogen-bond donors (Lipinski definition) is 0. The third-order valence-electron chi connectivity index (χ3n) is 9.51. The van der Waals surface area contributed by atoms with Crippen LogP contribution in [0.25, 0.3) is 0 Å². The Morgan fingerprint density at radius 3 is 0.908 bits per heavy atom. The van der Waals surface area contributed by atoms with Gasteiger partial charge >= 0.3 is 0 Å². The van der Waals surface area contributed by atoms with Crippen LogP contribution in [-0.2, 0) is 67.1 Å². The lowest BCUT2D eigenvalue weighted by molar-refractivity contribution is -0.0531. The average molecular weight is 945 g/mol. The summed E-state index contributed by atoms with van der Waals surface area (Å²) in [7, 11) is 3.05. The van der Waals surface area contributed by atoms with Crippen LogP contribution in [0.5, 0.6) is 34.5 Å². The van der Waals surface area contributed by atoms with E-state index >= 15 is 0 Å². The van der Waals surface area contributed by atoms with Gasteiger partial charge in [-0.1, -0.05) is 72.8 Å². The summed E-state index contributed by atoms with van der Waals surface area (Å²) in [5.41, 5.74) is 5.31. The van der Waals surface area contributed by atoms with Crippen molar-refractivity contribution in [3.8, 4) is 34.5 Å². The molecular weight excluding hydrogens is 889 g/mol. The second kappa shape index (κ2) is 26.8. The van der Waals surface area contributed by atoms with Gasteiger partial charge in [0.1, 0.15) is 34.5 Å². The molecule has 0 bridgehead atoms. The molecule has 0 radical (unpaired) electrons. The SMILES string of the molecule is COc1ccc(CON(P(N=[PH](OCc2ccc(OC)cc2)OCc2ccc(OC)cc2)OCc2ccc(OC)cc2)P(OCc2ccc(OC)cc2)OCc2ccc(OC)cc2)cc1. The predicted octanol–water partition coefficient (Wildman–Crippen LogP) is 12.2. The molecule has 6 aromatic carbocycles. The van der Waals surface area contributed by atoms with Crippen molar-refractivity contribution >= 4 is 25.1 Å². The molecule has 0 aliphatic heterocycles. The van der Waals surface area contributed by atoms with E-state index in [0.717, 1.165) is 62.1 Å². The van der Waals surface area contributed by atoms with Gasteiger partial charge in [-0.3, -0.25) is 4.84 Å². The Kier molecular flexibility index (Phi) is 20.3. The molecule has 0 saturated heterocycles. The standard InChI is InChI=1S/C48H55N2O12P3/c1-51-43-19-7-37(8-20-43)31-57-50(65(61-35-41-15-27-47(55-5)28-16-41)62-36-42-17-29-48(56-6)30-18-42)63(58-32-38-9-21-44(52-2)22-10-38)49-64(59-33-39-11-23-45(53-3)24-12-39)60-34-40-13-25-46(54-4)26-14-40/h7-30,64H,31-36H2,1-6H3.